The van der Waals surface area contributed by atoms with E-state index >= 15 is 0 Å². The standard InChI is InChI=1S/C11H18N4O3S/c1-8-5-10(15(2)14-8)13-11(16)6-9-7-19(17,18)4-3-12-9/h5,9,12H,3-4,6-7H2,1-2H3,(H,13,16). The van der Waals surface area contributed by atoms with Crippen LogP contribution in [0.4, 0.5) is 5.82 Å². The Morgan fingerprint density at radius 2 is 2.37 bits per heavy atom. The molecule has 1 atom stereocenters. The van der Waals surface area contributed by atoms with Gasteiger partial charge < -0.3 is 10.6 Å². The van der Waals surface area contributed by atoms with Crippen LogP contribution in [0.1, 0.15) is 12.1 Å². The van der Waals surface area contributed by atoms with Crippen molar-refractivity contribution in [3.05, 3.63) is 11.8 Å². The van der Waals surface area contributed by atoms with Crippen molar-refractivity contribution in [2.45, 2.75) is 19.4 Å². The quantitative estimate of drug-likeness (QED) is 0.777. The molecule has 2 rings (SSSR count). The van der Waals surface area contributed by atoms with Gasteiger partial charge in [-0.05, 0) is 6.92 Å². The summed E-state index contributed by atoms with van der Waals surface area (Å²) in [5.41, 5.74) is 0.816. The van der Waals surface area contributed by atoms with Gasteiger partial charge in [0.2, 0.25) is 5.91 Å². The van der Waals surface area contributed by atoms with Crippen molar-refractivity contribution in [1.82, 2.24) is 15.1 Å². The van der Waals surface area contributed by atoms with Crippen LogP contribution < -0.4 is 10.6 Å². The lowest BCUT2D eigenvalue weighted by Crippen LogP contribution is -2.46. The molecule has 0 aliphatic carbocycles. The molecule has 0 saturated carbocycles. The van der Waals surface area contributed by atoms with E-state index in [2.05, 4.69) is 15.7 Å². The monoisotopic (exact) mass is 286 g/mol. The molecule has 1 aliphatic rings. The van der Waals surface area contributed by atoms with Gasteiger partial charge in [0.15, 0.2) is 9.84 Å². The van der Waals surface area contributed by atoms with Crippen molar-refractivity contribution in [1.29, 1.82) is 0 Å². The topological polar surface area (TPSA) is 93.1 Å². The van der Waals surface area contributed by atoms with Crippen molar-refractivity contribution in [3.8, 4) is 0 Å². The summed E-state index contributed by atoms with van der Waals surface area (Å²) >= 11 is 0. The van der Waals surface area contributed by atoms with Crippen LogP contribution >= 0.6 is 0 Å². The summed E-state index contributed by atoms with van der Waals surface area (Å²) in [6.07, 6.45) is 0.142. The molecule has 2 N–H and O–H groups in total. The summed E-state index contributed by atoms with van der Waals surface area (Å²) in [6, 6.07) is 1.45. The molecule has 1 aromatic heterocycles. The van der Waals surface area contributed by atoms with Gasteiger partial charge in [-0.2, -0.15) is 5.10 Å². The second-order valence-electron chi connectivity index (χ2n) is 4.81. The molecule has 1 unspecified atom stereocenters. The average molecular weight is 286 g/mol. The van der Waals surface area contributed by atoms with Gasteiger partial charge in [0.25, 0.3) is 0 Å². The van der Waals surface area contributed by atoms with Crippen LogP contribution in [-0.4, -0.2) is 48.2 Å². The molecule has 1 amide bonds. The molecule has 1 fully saturated rings. The van der Waals surface area contributed by atoms with Gasteiger partial charge in [-0.15, -0.1) is 0 Å². The van der Waals surface area contributed by atoms with E-state index in [0.29, 0.717) is 12.4 Å². The number of hydrogen-bond acceptors (Lipinski definition) is 5. The number of nitrogens with one attached hydrogen (secondary N) is 2. The van der Waals surface area contributed by atoms with Gasteiger partial charge in [-0.25, -0.2) is 8.42 Å². The minimum atomic E-state index is -3.01. The Labute approximate surface area is 112 Å². The molecule has 1 saturated heterocycles. The zero-order valence-corrected chi connectivity index (χ0v) is 11.8. The van der Waals surface area contributed by atoms with E-state index in [9.17, 15) is 13.2 Å². The lowest BCUT2D eigenvalue weighted by Gasteiger charge is -2.23. The highest BCUT2D eigenvalue weighted by atomic mass is 32.2. The van der Waals surface area contributed by atoms with Crippen LogP contribution in [0.25, 0.3) is 0 Å². The minimum Gasteiger partial charge on any atom is -0.311 e. The van der Waals surface area contributed by atoms with E-state index in [0.717, 1.165) is 5.69 Å². The van der Waals surface area contributed by atoms with Crippen LogP contribution in [0, 0.1) is 6.92 Å². The number of rotatable bonds is 3. The van der Waals surface area contributed by atoms with Crippen LogP contribution in [0.15, 0.2) is 6.07 Å². The third-order valence-electron chi connectivity index (χ3n) is 3.00. The first-order valence-corrected chi connectivity index (χ1v) is 7.92. The highest BCUT2D eigenvalue weighted by Gasteiger charge is 2.26. The maximum atomic E-state index is 11.9. The Morgan fingerprint density at radius 1 is 1.63 bits per heavy atom. The molecule has 1 aliphatic heterocycles. The summed E-state index contributed by atoms with van der Waals surface area (Å²) in [4.78, 5) is 11.9. The predicted octanol–water partition coefficient (Wildman–Crippen LogP) is -0.556. The number of sulfone groups is 1. The number of aryl methyl sites for hydroxylation is 2. The highest BCUT2D eigenvalue weighted by Crippen LogP contribution is 2.10. The number of hydrogen-bond donors (Lipinski definition) is 2. The number of aromatic nitrogens is 2. The smallest absolute Gasteiger partial charge is 0.227 e. The lowest BCUT2D eigenvalue weighted by atomic mass is 10.2. The first-order valence-electron chi connectivity index (χ1n) is 6.10. The number of carbonyl (C=O) groups is 1. The second-order valence-corrected chi connectivity index (χ2v) is 7.04. The van der Waals surface area contributed by atoms with Gasteiger partial charge in [0, 0.05) is 32.1 Å². The first-order chi connectivity index (χ1) is 8.85. The van der Waals surface area contributed by atoms with Crippen LogP contribution in [0.2, 0.25) is 0 Å². The van der Waals surface area contributed by atoms with Crippen LogP contribution in [0.5, 0.6) is 0 Å². The summed E-state index contributed by atoms with van der Waals surface area (Å²) in [6.45, 7) is 2.25. The Balaban J connectivity index is 1.93. The van der Waals surface area contributed by atoms with Crippen LogP contribution in [0.3, 0.4) is 0 Å². The number of nitrogens with zero attached hydrogens (tertiary/aromatic N) is 2. The number of anilines is 1. The zero-order valence-electron chi connectivity index (χ0n) is 11.0. The third-order valence-corrected chi connectivity index (χ3v) is 4.74. The number of amides is 1. The average Bonchev–Trinajstić information content (AvgIpc) is 2.55. The SMILES string of the molecule is Cc1cc(NC(=O)CC2CS(=O)(=O)CCN2)n(C)n1. The lowest BCUT2D eigenvalue weighted by molar-refractivity contribution is -0.116. The molecular formula is C11H18N4O3S. The van der Waals surface area contributed by atoms with E-state index in [4.69, 9.17) is 0 Å². The summed E-state index contributed by atoms with van der Waals surface area (Å²) in [7, 11) is -1.27. The summed E-state index contributed by atoms with van der Waals surface area (Å²) < 4.78 is 24.5. The van der Waals surface area contributed by atoms with E-state index in [1.54, 1.807) is 17.8 Å². The van der Waals surface area contributed by atoms with E-state index in [1.807, 2.05) is 6.92 Å². The predicted molar refractivity (Wildman–Crippen MR) is 71.6 cm³/mol. The largest absolute Gasteiger partial charge is 0.311 e. The maximum absolute atomic E-state index is 11.9. The summed E-state index contributed by atoms with van der Waals surface area (Å²) in [5.74, 6) is 0.565. The van der Waals surface area contributed by atoms with Crippen molar-refractivity contribution in [2.24, 2.45) is 7.05 Å². The molecule has 8 heteroatoms. The molecule has 7 nitrogen and oxygen atoms in total. The molecule has 2 heterocycles. The molecule has 106 valence electrons. The normalized spacial score (nSPS) is 22.1. The fraction of sp³-hybridized carbons (Fsp3) is 0.636. The molecule has 0 radical (unpaired) electrons. The molecule has 19 heavy (non-hydrogen) atoms. The highest BCUT2D eigenvalue weighted by molar-refractivity contribution is 7.91. The fourth-order valence-corrected chi connectivity index (χ4v) is 3.59. The van der Waals surface area contributed by atoms with Gasteiger partial charge in [0.05, 0.1) is 17.2 Å². The van der Waals surface area contributed by atoms with Crippen molar-refractivity contribution >= 4 is 21.6 Å². The minimum absolute atomic E-state index is 0.0187. The first kappa shape index (κ1) is 14.0. The second kappa shape index (κ2) is 5.30. The third kappa shape index (κ3) is 3.77. The van der Waals surface area contributed by atoms with Gasteiger partial charge in [0.1, 0.15) is 5.82 Å². The Hall–Kier alpha value is -1.41. The van der Waals surface area contributed by atoms with Crippen molar-refractivity contribution in [2.75, 3.05) is 23.4 Å². The maximum Gasteiger partial charge on any atom is 0.227 e. The zero-order chi connectivity index (χ0) is 14.0. The Kier molecular flexibility index (Phi) is 3.91. The molecule has 0 spiro atoms. The molecule has 0 aromatic carbocycles. The number of carbonyl (C=O) groups excluding carboxylic acids is 1. The summed E-state index contributed by atoms with van der Waals surface area (Å²) in [5, 5.41) is 9.91. The molecule has 1 aromatic rings. The molecular weight excluding hydrogens is 268 g/mol. The van der Waals surface area contributed by atoms with Gasteiger partial charge >= 0.3 is 0 Å². The van der Waals surface area contributed by atoms with E-state index < -0.39 is 9.84 Å². The Morgan fingerprint density at radius 3 is 2.95 bits per heavy atom. The van der Waals surface area contributed by atoms with E-state index in [-0.39, 0.29) is 29.9 Å². The van der Waals surface area contributed by atoms with Crippen molar-refractivity contribution < 1.29 is 13.2 Å². The molecule has 0 bridgehead atoms. The fourth-order valence-electron chi connectivity index (χ4n) is 2.14. The van der Waals surface area contributed by atoms with Crippen LogP contribution in [-0.2, 0) is 21.7 Å². The van der Waals surface area contributed by atoms with Gasteiger partial charge in [-0.3, -0.25) is 9.48 Å². The van der Waals surface area contributed by atoms with E-state index in [1.165, 1.54) is 0 Å². The van der Waals surface area contributed by atoms with Crippen molar-refractivity contribution in [3.63, 3.8) is 0 Å². The van der Waals surface area contributed by atoms with Gasteiger partial charge in [-0.1, -0.05) is 0 Å². The Bertz CT molecular complexity index is 579.